The van der Waals surface area contributed by atoms with Gasteiger partial charge in [-0.3, -0.25) is 9.59 Å². The van der Waals surface area contributed by atoms with E-state index in [9.17, 15) is 9.59 Å². The summed E-state index contributed by atoms with van der Waals surface area (Å²) >= 11 is 6.12. The molecule has 0 radical (unpaired) electrons. The second-order valence-corrected chi connectivity index (χ2v) is 5.70. The van der Waals surface area contributed by atoms with Gasteiger partial charge in [0.05, 0.1) is 24.2 Å². The molecule has 1 N–H and O–H groups in total. The maximum Gasteiger partial charge on any atom is 0.228 e. The summed E-state index contributed by atoms with van der Waals surface area (Å²) in [6.07, 6.45) is 0.0918. The Bertz CT molecular complexity index is 756. The molecule has 120 valence electrons. The SMILES string of the molecule is COc1ccc(C(C)=O)cc1CC(=O)Nc1ccc(C)cc1Cl. The molecule has 4 nitrogen and oxygen atoms in total. The minimum absolute atomic E-state index is 0.0594. The first-order valence-corrected chi connectivity index (χ1v) is 7.52. The molecule has 0 aliphatic rings. The van der Waals surface area contributed by atoms with Gasteiger partial charge in [-0.2, -0.15) is 0 Å². The molecule has 0 fully saturated rings. The van der Waals surface area contributed by atoms with Gasteiger partial charge in [0.2, 0.25) is 5.91 Å². The minimum atomic E-state index is -0.227. The van der Waals surface area contributed by atoms with Gasteiger partial charge < -0.3 is 10.1 Å². The Kier molecular flexibility index (Phi) is 5.40. The van der Waals surface area contributed by atoms with Crippen molar-refractivity contribution in [1.82, 2.24) is 0 Å². The third-order valence-corrected chi connectivity index (χ3v) is 3.75. The number of ether oxygens (including phenoxy) is 1. The molecule has 2 rings (SSSR count). The zero-order valence-electron chi connectivity index (χ0n) is 13.3. The van der Waals surface area contributed by atoms with Crippen molar-refractivity contribution in [3.05, 3.63) is 58.1 Å². The number of hydrogen-bond donors (Lipinski definition) is 1. The number of rotatable bonds is 5. The molecule has 0 atom stereocenters. The van der Waals surface area contributed by atoms with Crippen LogP contribution in [0, 0.1) is 6.92 Å². The van der Waals surface area contributed by atoms with Crippen LogP contribution in [0.25, 0.3) is 0 Å². The number of carbonyl (C=O) groups excluding carboxylic acids is 2. The maximum absolute atomic E-state index is 12.3. The predicted molar refractivity (Wildman–Crippen MR) is 91.5 cm³/mol. The lowest BCUT2D eigenvalue weighted by Crippen LogP contribution is -2.15. The number of benzene rings is 2. The van der Waals surface area contributed by atoms with E-state index in [0.717, 1.165) is 5.56 Å². The van der Waals surface area contributed by atoms with Crippen LogP contribution in [0.15, 0.2) is 36.4 Å². The average Bonchev–Trinajstić information content (AvgIpc) is 2.50. The van der Waals surface area contributed by atoms with Crippen LogP contribution in [-0.4, -0.2) is 18.8 Å². The third kappa shape index (κ3) is 4.33. The average molecular weight is 332 g/mol. The summed E-state index contributed by atoms with van der Waals surface area (Å²) in [6.45, 7) is 3.41. The summed E-state index contributed by atoms with van der Waals surface area (Å²) in [5.41, 5.74) is 2.77. The van der Waals surface area contributed by atoms with E-state index in [-0.39, 0.29) is 18.1 Å². The van der Waals surface area contributed by atoms with Gasteiger partial charge in [0.1, 0.15) is 5.75 Å². The summed E-state index contributed by atoms with van der Waals surface area (Å²) in [6, 6.07) is 10.5. The Morgan fingerprint density at radius 3 is 2.52 bits per heavy atom. The zero-order valence-corrected chi connectivity index (χ0v) is 14.0. The van der Waals surface area contributed by atoms with Gasteiger partial charge in [0.15, 0.2) is 5.78 Å². The molecule has 5 heteroatoms. The van der Waals surface area contributed by atoms with Crippen molar-refractivity contribution in [3.63, 3.8) is 0 Å². The highest BCUT2D eigenvalue weighted by Crippen LogP contribution is 2.24. The van der Waals surface area contributed by atoms with E-state index < -0.39 is 0 Å². The Morgan fingerprint density at radius 1 is 1.17 bits per heavy atom. The number of nitrogens with one attached hydrogen (secondary N) is 1. The number of carbonyl (C=O) groups is 2. The van der Waals surface area contributed by atoms with Crippen molar-refractivity contribution in [2.45, 2.75) is 20.3 Å². The molecule has 0 unspecified atom stereocenters. The predicted octanol–water partition coefficient (Wildman–Crippen LogP) is 4.04. The minimum Gasteiger partial charge on any atom is -0.496 e. The van der Waals surface area contributed by atoms with Crippen LogP contribution in [0.2, 0.25) is 5.02 Å². The number of amides is 1. The summed E-state index contributed by atoms with van der Waals surface area (Å²) in [5, 5.41) is 3.26. The van der Waals surface area contributed by atoms with Gasteiger partial charge >= 0.3 is 0 Å². The molecule has 0 aromatic heterocycles. The first-order chi connectivity index (χ1) is 10.9. The van der Waals surface area contributed by atoms with Crippen molar-refractivity contribution in [2.75, 3.05) is 12.4 Å². The van der Waals surface area contributed by atoms with E-state index in [2.05, 4.69) is 5.32 Å². The maximum atomic E-state index is 12.3. The van der Waals surface area contributed by atoms with Gasteiger partial charge in [0.25, 0.3) is 0 Å². The number of halogens is 1. The molecular formula is C18H18ClNO3. The fourth-order valence-electron chi connectivity index (χ4n) is 2.22. The van der Waals surface area contributed by atoms with Gasteiger partial charge in [-0.15, -0.1) is 0 Å². The molecular weight excluding hydrogens is 314 g/mol. The van der Waals surface area contributed by atoms with Gasteiger partial charge in [-0.1, -0.05) is 17.7 Å². The fourth-order valence-corrected chi connectivity index (χ4v) is 2.51. The lowest BCUT2D eigenvalue weighted by molar-refractivity contribution is -0.115. The van der Waals surface area contributed by atoms with Crippen LogP contribution in [0.4, 0.5) is 5.69 Å². The molecule has 2 aromatic rings. The van der Waals surface area contributed by atoms with Crippen LogP contribution in [0.1, 0.15) is 28.4 Å². The van der Waals surface area contributed by atoms with Crippen LogP contribution >= 0.6 is 11.6 Å². The van der Waals surface area contributed by atoms with Crippen molar-refractivity contribution in [2.24, 2.45) is 0 Å². The van der Waals surface area contributed by atoms with E-state index in [0.29, 0.717) is 27.6 Å². The zero-order chi connectivity index (χ0) is 17.0. The van der Waals surface area contributed by atoms with Crippen LogP contribution in [0.5, 0.6) is 5.75 Å². The largest absolute Gasteiger partial charge is 0.496 e. The lowest BCUT2D eigenvalue weighted by atomic mass is 10.0. The standard InChI is InChI=1S/C18H18ClNO3/c1-11-4-6-16(15(19)8-11)20-18(22)10-14-9-13(12(2)21)5-7-17(14)23-3/h4-9H,10H2,1-3H3,(H,20,22). The Morgan fingerprint density at radius 2 is 1.91 bits per heavy atom. The number of hydrogen-bond acceptors (Lipinski definition) is 3. The van der Waals surface area contributed by atoms with Crippen LogP contribution in [0.3, 0.4) is 0 Å². The first kappa shape index (κ1) is 17.0. The smallest absolute Gasteiger partial charge is 0.228 e. The summed E-state index contributed by atoms with van der Waals surface area (Å²) < 4.78 is 5.25. The quantitative estimate of drug-likeness (QED) is 0.841. The normalized spacial score (nSPS) is 10.3. The van der Waals surface area contributed by atoms with Gasteiger partial charge in [-0.05, 0) is 49.7 Å². The highest BCUT2D eigenvalue weighted by molar-refractivity contribution is 6.33. The Hall–Kier alpha value is -2.33. The molecule has 0 heterocycles. The summed E-state index contributed by atoms with van der Waals surface area (Å²) in [4.78, 5) is 23.7. The second kappa shape index (κ2) is 7.29. The number of ketones is 1. The van der Waals surface area contributed by atoms with E-state index >= 15 is 0 Å². The molecule has 0 bridgehead atoms. The molecule has 0 aliphatic heterocycles. The summed E-state index contributed by atoms with van der Waals surface area (Å²) in [5.74, 6) is 0.283. The van der Waals surface area contributed by atoms with Crippen molar-refractivity contribution >= 4 is 29.0 Å². The van der Waals surface area contributed by atoms with Crippen molar-refractivity contribution < 1.29 is 14.3 Å². The molecule has 2 aromatic carbocycles. The highest BCUT2D eigenvalue weighted by atomic mass is 35.5. The fraction of sp³-hybridized carbons (Fsp3) is 0.222. The van der Waals surface area contributed by atoms with E-state index in [1.165, 1.54) is 14.0 Å². The molecule has 0 aliphatic carbocycles. The van der Waals surface area contributed by atoms with E-state index in [4.69, 9.17) is 16.3 Å². The highest BCUT2D eigenvalue weighted by Gasteiger charge is 2.12. The first-order valence-electron chi connectivity index (χ1n) is 7.14. The van der Waals surface area contributed by atoms with Gasteiger partial charge in [0, 0.05) is 11.1 Å². The number of methoxy groups -OCH3 is 1. The molecule has 0 spiro atoms. The topological polar surface area (TPSA) is 55.4 Å². The molecule has 0 saturated heterocycles. The molecule has 23 heavy (non-hydrogen) atoms. The molecule has 1 amide bonds. The number of Topliss-reactive ketones (excluding diaryl/α,β-unsaturated/α-hetero) is 1. The van der Waals surface area contributed by atoms with Crippen LogP contribution in [-0.2, 0) is 11.2 Å². The van der Waals surface area contributed by atoms with E-state index in [1.807, 2.05) is 13.0 Å². The third-order valence-electron chi connectivity index (χ3n) is 3.44. The molecule has 0 saturated carbocycles. The number of anilines is 1. The van der Waals surface area contributed by atoms with Crippen LogP contribution < -0.4 is 10.1 Å². The summed E-state index contributed by atoms with van der Waals surface area (Å²) in [7, 11) is 1.53. The monoisotopic (exact) mass is 331 g/mol. The van der Waals surface area contributed by atoms with Crippen molar-refractivity contribution in [3.8, 4) is 5.75 Å². The van der Waals surface area contributed by atoms with Crippen molar-refractivity contribution in [1.29, 1.82) is 0 Å². The Labute approximate surface area is 140 Å². The Balaban J connectivity index is 2.19. The van der Waals surface area contributed by atoms with E-state index in [1.54, 1.807) is 30.3 Å². The second-order valence-electron chi connectivity index (χ2n) is 5.29. The lowest BCUT2D eigenvalue weighted by Gasteiger charge is -2.11. The van der Waals surface area contributed by atoms with Gasteiger partial charge in [-0.25, -0.2) is 0 Å². The number of aryl methyl sites for hydroxylation is 1.